The molecule has 5 nitrogen and oxygen atoms in total. The van der Waals surface area contributed by atoms with Crippen LogP contribution in [0.15, 0.2) is 28.7 Å². The van der Waals surface area contributed by atoms with Crippen LogP contribution in [0.5, 0.6) is 0 Å². The minimum absolute atomic E-state index is 0.412. The largest absolute Gasteiger partial charge is 0.444 e. The second-order valence-electron chi connectivity index (χ2n) is 4.41. The minimum Gasteiger partial charge on any atom is -0.444 e. The highest BCUT2D eigenvalue weighted by Crippen LogP contribution is 2.08. The van der Waals surface area contributed by atoms with Crippen molar-refractivity contribution in [1.29, 1.82) is 0 Å². The molecule has 0 bridgehead atoms. The highest BCUT2D eigenvalue weighted by Gasteiger charge is 2.05. The Morgan fingerprint density at radius 2 is 1.95 bits per heavy atom. The Hall–Kier alpha value is -2.14. The maximum absolute atomic E-state index is 10.9. The number of benzene rings is 1. The summed E-state index contributed by atoms with van der Waals surface area (Å²) < 4.78 is 5.47. The van der Waals surface area contributed by atoms with Crippen LogP contribution < -0.4 is 11.1 Å². The third-order valence-corrected chi connectivity index (χ3v) is 2.92. The number of hydrogen-bond donors (Lipinski definition) is 2. The van der Waals surface area contributed by atoms with Crippen molar-refractivity contribution in [1.82, 2.24) is 10.3 Å². The lowest BCUT2D eigenvalue weighted by atomic mass is 10.1. The van der Waals surface area contributed by atoms with E-state index in [4.69, 9.17) is 10.2 Å². The van der Waals surface area contributed by atoms with Gasteiger partial charge in [0, 0.05) is 12.1 Å². The number of aryl methyl sites for hydroxylation is 2. The Morgan fingerprint density at radius 3 is 2.47 bits per heavy atom. The van der Waals surface area contributed by atoms with Crippen molar-refractivity contribution in [2.45, 2.75) is 26.9 Å². The summed E-state index contributed by atoms with van der Waals surface area (Å²) >= 11 is 0. The van der Waals surface area contributed by atoms with Crippen LogP contribution in [-0.4, -0.2) is 10.9 Å². The highest BCUT2D eigenvalue weighted by molar-refractivity contribution is 5.92. The van der Waals surface area contributed by atoms with Gasteiger partial charge in [-0.3, -0.25) is 4.79 Å². The lowest BCUT2D eigenvalue weighted by Gasteiger charge is -2.03. The van der Waals surface area contributed by atoms with E-state index in [2.05, 4.69) is 10.3 Å². The van der Waals surface area contributed by atoms with E-state index in [1.807, 2.05) is 26.0 Å². The lowest BCUT2D eigenvalue weighted by molar-refractivity contribution is 0.100. The highest BCUT2D eigenvalue weighted by atomic mass is 16.4. The quantitative estimate of drug-likeness (QED) is 0.856. The molecule has 0 fully saturated rings. The van der Waals surface area contributed by atoms with Crippen LogP contribution in [0.1, 0.15) is 33.3 Å². The number of hydrogen-bond acceptors (Lipinski definition) is 4. The van der Waals surface area contributed by atoms with Crippen LogP contribution in [-0.2, 0) is 13.1 Å². The molecule has 2 aromatic rings. The van der Waals surface area contributed by atoms with Crippen LogP contribution >= 0.6 is 0 Å². The van der Waals surface area contributed by atoms with Crippen molar-refractivity contribution in [2.75, 3.05) is 0 Å². The summed E-state index contributed by atoms with van der Waals surface area (Å²) in [6.45, 7) is 5.07. The zero-order valence-electron chi connectivity index (χ0n) is 11.1. The number of nitrogens with two attached hydrogens (primary N) is 1. The normalized spacial score (nSPS) is 10.6. The van der Waals surface area contributed by atoms with E-state index in [-0.39, 0.29) is 0 Å². The van der Waals surface area contributed by atoms with E-state index in [1.54, 1.807) is 12.1 Å². The van der Waals surface area contributed by atoms with Crippen molar-refractivity contribution in [3.63, 3.8) is 0 Å². The van der Waals surface area contributed by atoms with Crippen LogP contribution in [0.25, 0.3) is 0 Å². The zero-order valence-corrected chi connectivity index (χ0v) is 11.1. The van der Waals surface area contributed by atoms with Gasteiger partial charge in [0.15, 0.2) is 0 Å². The number of nitrogens with zero attached hydrogens (tertiary/aromatic N) is 1. The zero-order chi connectivity index (χ0) is 13.8. The summed E-state index contributed by atoms with van der Waals surface area (Å²) in [7, 11) is 0. The molecule has 0 aliphatic rings. The molecule has 1 heterocycles. The maximum Gasteiger partial charge on any atom is 0.248 e. The van der Waals surface area contributed by atoms with Gasteiger partial charge in [0.05, 0.1) is 12.2 Å². The summed E-state index contributed by atoms with van der Waals surface area (Å²) in [4.78, 5) is 15.2. The fourth-order valence-electron chi connectivity index (χ4n) is 1.72. The molecule has 0 aliphatic carbocycles. The van der Waals surface area contributed by atoms with E-state index in [9.17, 15) is 4.79 Å². The van der Waals surface area contributed by atoms with E-state index in [0.29, 0.717) is 24.5 Å². The summed E-state index contributed by atoms with van der Waals surface area (Å²) in [5, 5.41) is 3.23. The van der Waals surface area contributed by atoms with Gasteiger partial charge in [0.2, 0.25) is 11.8 Å². The number of rotatable bonds is 5. The van der Waals surface area contributed by atoms with Gasteiger partial charge in [-0.1, -0.05) is 12.1 Å². The van der Waals surface area contributed by atoms with E-state index >= 15 is 0 Å². The second kappa shape index (κ2) is 5.67. The molecule has 1 amide bonds. The van der Waals surface area contributed by atoms with E-state index in [1.165, 1.54) is 0 Å². The molecule has 19 heavy (non-hydrogen) atoms. The predicted molar refractivity (Wildman–Crippen MR) is 71.5 cm³/mol. The second-order valence-corrected chi connectivity index (χ2v) is 4.41. The molecule has 0 aliphatic heterocycles. The summed E-state index contributed by atoms with van der Waals surface area (Å²) in [6, 6.07) is 7.19. The average molecular weight is 259 g/mol. The smallest absolute Gasteiger partial charge is 0.248 e. The topological polar surface area (TPSA) is 81.1 Å². The van der Waals surface area contributed by atoms with Gasteiger partial charge < -0.3 is 15.5 Å². The van der Waals surface area contributed by atoms with Crippen molar-refractivity contribution < 1.29 is 9.21 Å². The fourth-order valence-corrected chi connectivity index (χ4v) is 1.72. The molecular formula is C14H17N3O2. The number of nitrogens with one attached hydrogen (secondary N) is 1. The van der Waals surface area contributed by atoms with Gasteiger partial charge in [-0.2, -0.15) is 0 Å². The number of carbonyl (C=O) groups excluding carboxylic acids is 1. The van der Waals surface area contributed by atoms with Crippen LogP contribution in [0.2, 0.25) is 0 Å². The Balaban J connectivity index is 1.87. The molecule has 0 unspecified atom stereocenters. The molecule has 1 aromatic carbocycles. The van der Waals surface area contributed by atoms with Gasteiger partial charge in [-0.15, -0.1) is 0 Å². The first-order chi connectivity index (χ1) is 9.06. The lowest BCUT2D eigenvalue weighted by Crippen LogP contribution is -2.14. The van der Waals surface area contributed by atoms with E-state index in [0.717, 1.165) is 17.0 Å². The van der Waals surface area contributed by atoms with Gasteiger partial charge >= 0.3 is 0 Å². The van der Waals surface area contributed by atoms with Crippen molar-refractivity contribution in [2.24, 2.45) is 5.73 Å². The number of aromatic nitrogens is 1. The number of amides is 1. The Labute approximate surface area is 111 Å². The molecule has 0 saturated heterocycles. The molecule has 0 atom stereocenters. The third kappa shape index (κ3) is 3.42. The van der Waals surface area contributed by atoms with Gasteiger partial charge in [-0.25, -0.2) is 4.98 Å². The van der Waals surface area contributed by atoms with E-state index < -0.39 is 5.91 Å². The number of oxazole rings is 1. The van der Waals surface area contributed by atoms with Gasteiger partial charge in [0.25, 0.3) is 0 Å². The molecule has 0 radical (unpaired) electrons. The monoisotopic (exact) mass is 259 g/mol. The van der Waals surface area contributed by atoms with Crippen LogP contribution in [0.4, 0.5) is 0 Å². The van der Waals surface area contributed by atoms with Crippen molar-refractivity contribution in [3.8, 4) is 0 Å². The van der Waals surface area contributed by atoms with Gasteiger partial charge in [0.1, 0.15) is 5.76 Å². The molecule has 1 aromatic heterocycles. The molecule has 0 spiro atoms. The molecule has 2 rings (SSSR count). The Morgan fingerprint density at radius 1 is 1.26 bits per heavy atom. The number of primary amides is 1. The standard InChI is InChI=1S/C14H17N3O2/c1-9-10(2)19-13(17-9)8-16-7-11-3-5-12(6-4-11)14(15)18/h3-6,16H,7-8H2,1-2H3,(H2,15,18). The Bertz CT molecular complexity index is 553. The first-order valence-electron chi connectivity index (χ1n) is 6.08. The van der Waals surface area contributed by atoms with Crippen molar-refractivity contribution in [3.05, 3.63) is 52.7 Å². The SMILES string of the molecule is Cc1nc(CNCc2ccc(C(N)=O)cc2)oc1C. The molecule has 0 saturated carbocycles. The minimum atomic E-state index is -0.412. The molecule has 100 valence electrons. The van der Waals surface area contributed by atoms with Crippen molar-refractivity contribution >= 4 is 5.91 Å². The molecular weight excluding hydrogens is 242 g/mol. The summed E-state index contributed by atoms with van der Waals surface area (Å²) in [6.07, 6.45) is 0. The Kier molecular flexibility index (Phi) is 3.97. The summed E-state index contributed by atoms with van der Waals surface area (Å²) in [5.74, 6) is 1.12. The first kappa shape index (κ1) is 13.3. The average Bonchev–Trinajstić information content (AvgIpc) is 2.69. The third-order valence-electron chi connectivity index (χ3n) is 2.92. The molecule has 3 N–H and O–H groups in total. The van der Waals surface area contributed by atoms with Crippen LogP contribution in [0.3, 0.4) is 0 Å². The maximum atomic E-state index is 10.9. The van der Waals surface area contributed by atoms with Gasteiger partial charge in [-0.05, 0) is 31.5 Å². The fraction of sp³-hybridized carbons (Fsp3) is 0.286. The molecule has 5 heteroatoms. The first-order valence-corrected chi connectivity index (χ1v) is 6.08. The summed E-state index contributed by atoms with van der Waals surface area (Å²) in [5.41, 5.74) is 7.69. The number of carbonyl (C=O) groups is 1. The predicted octanol–water partition coefficient (Wildman–Crippen LogP) is 1.68. The van der Waals surface area contributed by atoms with Crippen LogP contribution in [0, 0.1) is 13.8 Å².